The molecule has 0 bridgehead atoms. The van der Waals surface area contributed by atoms with E-state index < -0.39 is 12.0 Å². The molecule has 0 unspecified atom stereocenters. The molecule has 7 nitrogen and oxygen atoms in total. The first kappa shape index (κ1) is 24.1. The van der Waals surface area contributed by atoms with Crippen molar-refractivity contribution in [1.82, 2.24) is 10.3 Å². The zero-order valence-corrected chi connectivity index (χ0v) is 20.2. The second kappa shape index (κ2) is 10.4. The Hall–Kier alpha value is -3.52. The third-order valence-electron chi connectivity index (χ3n) is 5.00. The summed E-state index contributed by atoms with van der Waals surface area (Å²) in [5, 5.41) is 4.89. The number of nitrogens with one attached hydrogen (secondary N) is 1. The molecule has 0 aliphatic carbocycles. The van der Waals surface area contributed by atoms with Crippen molar-refractivity contribution in [3.63, 3.8) is 0 Å². The van der Waals surface area contributed by atoms with Gasteiger partial charge in [-0.05, 0) is 51.0 Å². The van der Waals surface area contributed by atoms with Crippen LogP contribution in [0.3, 0.4) is 0 Å². The number of nitrogens with zero attached hydrogens (tertiary/aromatic N) is 2. The number of esters is 1. The van der Waals surface area contributed by atoms with Crippen LogP contribution in [0.5, 0.6) is 0 Å². The number of amides is 2. The van der Waals surface area contributed by atoms with Crippen molar-refractivity contribution in [3.05, 3.63) is 75.8 Å². The van der Waals surface area contributed by atoms with E-state index in [0.717, 1.165) is 22.4 Å². The highest BCUT2D eigenvalue weighted by Gasteiger charge is 2.23. The summed E-state index contributed by atoms with van der Waals surface area (Å²) in [6, 6.07) is 11.9. The van der Waals surface area contributed by atoms with Crippen molar-refractivity contribution < 1.29 is 19.1 Å². The van der Waals surface area contributed by atoms with Crippen molar-refractivity contribution >= 4 is 39.9 Å². The minimum absolute atomic E-state index is 0.0571. The topological polar surface area (TPSA) is 88.6 Å². The van der Waals surface area contributed by atoms with E-state index in [2.05, 4.69) is 10.3 Å². The number of benzene rings is 2. The SMILES string of the molecule is CC(=O)N(c1nc(COC(=O)[C@H](C)NC(=O)c2ccccc2)cs1)c1c(C)cc(C)cc1C. The number of thiazole rings is 1. The van der Waals surface area contributed by atoms with E-state index in [1.54, 1.807) is 41.5 Å². The van der Waals surface area contributed by atoms with E-state index in [1.165, 1.54) is 18.3 Å². The van der Waals surface area contributed by atoms with Gasteiger partial charge >= 0.3 is 5.97 Å². The molecule has 0 aliphatic rings. The van der Waals surface area contributed by atoms with E-state index in [1.807, 2.05) is 39.0 Å². The van der Waals surface area contributed by atoms with E-state index in [4.69, 9.17) is 4.74 Å². The molecular weight excluding hydrogens is 438 g/mol. The summed E-state index contributed by atoms with van der Waals surface area (Å²) >= 11 is 1.30. The fourth-order valence-corrected chi connectivity index (χ4v) is 4.43. The molecule has 1 N–H and O–H groups in total. The lowest BCUT2D eigenvalue weighted by Crippen LogP contribution is -2.39. The number of anilines is 2. The molecule has 2 aromatic carbocycles. The molecule has 0 saturated carbocycles. The Labute approximate surface area is 197 Å². The summed E-state index contributed by atoms with van der Waals surface area (Å²) < 4.78 is 5.34. The van der Waals surface area contributed by atoms with Gasteiger partial charge < -0.3 is 10.1 Å². The smallest absolute Gasteiger partial charge is 0.328 e. The van der Waals surface area contributed by atoms with Gasteiger partial charge in [-0.25, -0.2) is 9.78 Å². The highest BCUT2D eigenvalue weighted by molar-refractivity contribution is 7.14. The number of aromatic nitrogens is 1. The van der Waals surface area contributed by atoms with Crippen LogP contribution in [0, 0.1) is 20.8 Å². The van der Waals surface area contributed by atoms with Gasteiger partial charge in [0, 0.05) is 17.9 Å². The van der Waals surface area contributed by atoms with Gasteiger partial charge in [0.25, 0.3) is 5.91 Å². The lowest BCUT2D eigenvalue weighted by molar-refractivity contribution is -0.146. The van der Waals surface area contributed by atoms with Crippen LogP contribution in [0.25, 0.3) is 0 Å². The normalized spacial score (nSPS) is 11.5. The number of hydrogen-bond acceptors (Lipinski definition) is 6. The summed E-state index contributed by atoms with van der Waals surface area (Å²) in [4.78, 5) is 43.2. The minimum Gasteiger partial charge on any atom is -0.458 e. The summed E-state index contributed by atoms with van der Waals surface area (Å²) in [7, 11) is 0. The van der Waals surface area contributed by atoms with Crippen LogP contribution >= 0.6 is 11.3 Å². The van der Waals surface area contributed by atoms with E-state index >= 15 is 0 Å². The first-order valence-corrected chi connectivity index (χ1v) is 11.4. The Kier molecular flexibility index (Phi) is 7.60. The van der Waals surface area contributed by atoms with Gasteiger partial charge in [-0.3, -0.25) is 14.5 Å². The minimum atomic E-state index is -0.817. The van der Waals surface area contributed by atoms with Crippen LogP contribution in [-0.4, -0.2) is 28.8 Å². The first-order valence-electron chi connectivity index (χ1n) is 10.5. The van der Waals surface area contributed by atoms with Crippen LogP contribution in [0.1, 0.15) is 46.6 Å². The third-order valence-corrected chi connectivity index (χ3v) is 5.88. The van der Waals surface area contributed by atoms with Crippen molar-refractivity contribution in [2.45, 2.75) is 47.3 Å². The maximum absolute atomic E-state index is 12.5. The molecule has 3 aromatic rings. The van der Waals surface area contributed by atoms with Gasteiger partial charge in [0.05, 0.1) is 11.4 Å². The maximum atomic E-state index is 12.5. The summed E-state index contributed by atoms with van der Waals surface area (Å²) in [6.45, 7) is 8.95. The number of aryl methyl sites for hydroxylation is 3. The molecule has 172 valence electrons. The van der Waals surface area contributed by atoms with Gasteiger partial charge in [0.1, 0.15) is 12.6 Å². The number of rotatable bonds is 7. The standard InChI is InChI=1S/C25H27N3O4S/c1-15-11-16(2)22(17(3)12-15)28(19(5)29)25-27-21(14-33-25)13-32-24(31)18(4)26-23(30)20-9-7-6-8-10-20/h6-12,14,18H,13H2,1-5H3,(H,26,30)/t18-/m0/s1. The molecule has 2 amide bonds. The number of carbonyl (C=O) groups excluding carboxylic acids is 3. The molecule has 1 atom stereocenters. The van der Waals surface area contributed by atoms with Gasteiger partial charge in [0.2, 0.25) is 5.91 Å². The molecule has 0 saturated heterocycles. The largest absolute Gasteiger partial charge is 0.458 e. The number of hydrogen-bond donors (Lipinski definition) is 1. The van der Waals surface area contributed by atoms with E-state index in [-0.39, 0.29) is 18.4 Å². The molecule has 0 radical (unpaired) electrons. The van der Waals surface area contributed by atoms with Gasteiger partial charge in [-0.1, -0.05) is 35.9 Å². The van der Waals surface area contributed by atoms with Crippen molar-refractivity contribution in [3.8, 4) is 0 Å². The molecule has 1 heterocycles. The Morgan fingerprint density at radius 2 is 1.73 bits per heavy atom. The van der Waals surface area contributed by atoms with Gasteiger partial charge in [-0.2, -0.15) is 0 Å². The highest BCUT2D eigenvalue weighted by Crippen LogP contribution is 2.34. The van der Waals surface area contributed by atoms with Crippen LogP contribution in [-0.2, 0) is 20.9 Å². The monoisotopic (exact) mass is 465 g/mol. The second-order valence-electron chi connectivity index (χ2n) is 7.89. The molecule has 0 aliphatic heterocycles. The quantitative estimate of drug-likeness (QED) is 0.515. The van der Waals surface area contributed by atoms with Crippen LogP contribution in [0.15, 0.2) is 47.8 Å². The van der Waals surface area contributed by atoms with Crippen molar-refractivity contribution in [1.29, 1.82) is 0 Å². The Morgan fingerprint density at radius 3 is 2.33 bits per heavy atom. The number of ether oxygens (including phenoxy) is 1. The summed E-state index contributed by atoms with van der Waals surface area (Å²) in [6.07, 6.45) is 0. The van der Waals surface area contributed by atoms with Gasteiger partial charge in [-0.15, -0.1) is 11.3 Å². The first-order chi connectivity index (χ1) is 15.7. The molecule has 33 heavy (non-hydrogen) atoms. The van der Waals surface area contributed by atoms with Gasteiger partial charge in [0.15, 0.2) is 5.13 Å². The predicted molar refractivity (Wildman–Crippen MR) is 129 cm³/mol. The van der Waals surface area contributed by atoms with Crippen LogP contribution in [0.4, 0.5) is 10.8 Å². The van der Waals surface area contributed by atoms with E-state index in [0.29, 0.717) is 16.4 Å². The Balaban J connectivity index is 1.67. The van der Waals surface area contributed by atoms with Crippen molar-refractivity contribution in [2.24, 2.45) is 0 Å². The molecule has 1 aromatic heterocycles. The van der Waals surface area contributed by atoms with Crippen molar-refractivity contribution in [2.75, 3.05) is 4.90 Å². The Morgan fingerprint density at radius 1 is 1.09 bits per heavy atom. The Bertz CT molecular complexity index is 1150. The average molecular weight is 466 g/mol. The second-order valence-corrected chi connectivity index (χ2v) is 8.73. The molecular formula is C25H27N3O4S. The molecule has 3 rings (SSSR count). The highest BCUT2D eigenvalue weighted by atomic mass is 32.1. The lowest BCUT2D eigenvalue weighted by Gasteiger charge is -2.23. The summed E-state index contributed by atoms with van der Waals surface area (Å²) in [5.74, 6) is -1.07. The fraction of sp³-hybridized carbons (Fsp3) is 0.280. The van der Waals surface area contributed by atoms with Crippen LogP contribution < -0.4 is 10.2 Å². The number of carbonyl (C=O) groups is 3. The third kappa shape index (κ3) is 5.84. The zero-order chi connectivity index (χ0) is 24.1. The molecule has 0 fully saturated rings. The molecule has 8 heteroatoms. The average Bonchev–Trinajstić information content (AvgIpc) is 3.23. The van der Waals surface area contributed by atoms with Crippen LogP contribution in [0.2, 0.25) is 0 Å². The maximum Gasteiger partial charge on any atom is 0.328 e. The van der Waals surface area contributed by atoms with E-state index in [9.17, 15) is 14.4 Å². The molecule has 0 spiro atoms. The summed E-state index contributed by atoms with van der Waals surface area (Å²) in [5.41, 5.74) is 4.88. The fourth-order valence-electron chi connectivity index (χ4n) is 3.58. The zero-order valence-electron chi connectivity index (χ0n) is 19.3. The lowest BCUT2D eigenvalue weighted by atomic mass is 10.0. The predicted octanol–water partition coefficient (Wildman–Crippen LogP) is 4.61.